The molecule has 1 fully saturated rings. The molecule has 5 nitrogen and oxygen atoms in total. The van der Waals surface area contributed by atoms with Crippen LogP contribution in [0, 0.1) is 0 Å². The summed E-state index contributed by atoms with van der Waals surface area (Å²) in [5.41, 5.74) is 7.54. The second-order valence-corrected chi connectivity index (χ2v) is 5.06. The van der Waals surface area contributed by atoms with Crippen LogP contribution < -0.4 is 5.73 Å². The molecule has 0 aliphatic carbocycles. The third-order valence-corrected chi connectivity index (χ3v) is 3.08. The lowest BCUT2D eigenvalue weighted by atomic mass is 10.1. The van der Waals surface area contributed by atoms with E-state index < -0.39 is 5.79 Å². The zero-order valence-electron chi connectivity index (χ0n) is 10.9. The van der Waals surface area contributed by atoms with Crippen LogP contribution in [-0.2, 0) is 9.47 Å². The zero-order chi connectivity index (χ0) is 13.5. The van der Waals surface area contributed by atoms with Crippen LogP contribution in [0.3, 0.4) is 0 Å². The number of aromatic nitrogens is 1. The Morgan fingerprint density at radius 2 is 2.16 bits per heavy atom. The van der Waals surface area contributed by atoms with Gasteiger partial charge in [0, 0.05) is 11.6 Å². The maximum atomic E-state index is 5.84. The molecule has 1 aliphatic rings. The normalized spacial score (nSPS) is 21.7. The zero-order valence-corrected chi connectivity index (χ0v) is 10.9. The Labute approximate surface area is 111 Å². The van der Waals surface area contributed by atoms with Crippen molar-refractivity contribution in [2.45, 2.75) is 25.7 Å². The van der Waals surface area contributed by atoms with Crippen LogP contribution in [0.2, 0.25) is 0 Å². The van der Waals surface area contributed by atoms with Gasteiger partial charge >= 0.3 is 0 Å². The van der Waals surface area contributed by atoms with E-state index in [9.17, 15) is 0 Å². The summed E-state index contributed by atoms with van der Waals surface area (Å²) in [6.45, 7) is 4.37. The molecule has 1 aliphatic heterocycles. The Hall–Kier alpha value is -1.85. The van der Waals surface area contributed by atoms with Gasteiger partial charge in [-0.3, -0.25) is 0 Å². The highest BCUT2D eigenvalue weighted by Gasteiger charge is 2.33. The molecule has 2 heterocycles. The molecule has 0 saturated carbocycles. The molecule has 1 saturated heterocycles. The molecule has 2 aromatic rings. The number of anilines is 1. The number of ether oxygens (including phenoxy) is 2. The van der Waals surface area contributed by atoms with E-state index in [1.54, 1.807) is 6.07 Å². The van der Waals surface area contributed by atoms with Gasteiger partial charge in [0.05, 0.1) is 6.61 Å². The number of hydrogen-bond donors (Lipinski definition) is 1. The summed E-state index contributed by atoms with van der Waals surface area (Å²) in [6.07, 6.45) is -0.0600. The van der Waals surface area contributed by atoms with Crippen molar-refractivity contribution < 1.29 is 14.0 Å². The molecule has 0 radical (unpaired) electrons. The molecular weight excluding hydrogens is 244 g/mol. The fourth-order valence-corrected chi connectivity index (χ4v) is 2.17. The first-order chi connectivity index (χ1) is 9.03. The Bertz CT molecular complexity index is 592. The summed E-state index contributed by atoms with van der Waals surface area (Å²) in [6, 6.07) is 9.63. The molecule has 0 amide bonds. The number of benzene rings is 1. The average Bonchev–Trinajstić information content (AvgIpc) is 2.96. The summed E-state index contributed by atoms with van der Waals surface area (Å²) in [5, 5.41) is 3.69. The lowest BCUT2D eigenvalue weighted by Gasteiger charge is -2.17. The molecule has 0 bridgehead atoms. The largest absolute Gasteiger partial charge is 0.381 e. The highest BCUT2D eigenvalue weighted by molar-refractivity contribution is 5.60. The van der Waals surface area contributed by atoms with E-state index in [-0.39, 0.29) is 6.10 Å². The molecular formula is C14H16N2O3. The highest BCUT2D eigenvalue weighted by atomic mass is 16.7. The first-order valence-corrected chi connectivity index (χ1v) is 6.18. The molecule has 1 aromatic heterocycles. The minimum atomic E-state index is -0.530. The Kier molecular flexibility index (Phi) is 2.80. The van der Waals surface area contributed by atoms with E-state index in [0.717, 1.165) is 11.1 Å². The molecule has 1 unspecified atom stereocenters. The van der Waals surface area contributed by atoms with Gasteiger partial charge in [0.2, 0.25) is 0 Å². The smallest absolute Gasteiger partial charge is 0.169 e. The molecule has 100 valence electrons. The predicted octanol–water partition coefficient (Wildman–Crippen LogP) is 2.75. The van der Waals surface area contributed by atoms with E-state index in [2.05, 4.69) is 5.16 Å². The quantitative estimate of drug-likeness (QED) is 0.899. The van der Waals surface area contributed by atoms with Crippen molar-refractivity contribution in [1.82, 2.24) is 5.16 Å². The van der Waals surface area contributed by atoms with E-state index >= 15 is 0 Å². The fraction of sp³-hybridized carbons (Fsp3) is 0.357. The van der Waals surface area contributed by atoms with Crippen molar-refractivity contribution in [3.05, 3.63) is 35.9 Å². The van der Waals surface area contributed by atoms with Crippen molar-refractivity contribution in [1.29, 1.82) is 0 Å². The Balaban J connectivity index is 1.88. The van der Waals surface area contributed by atoms with Crippen molar-refractivity contribution in [2.75, 3.05) is 12.3 Å². The van der Waals surface area contributed by atoms with Crippen molar-refractivity contribution in [3.8, 4) is 11.3 Å². The molecule has 0 spiro atoms. The fourth-order valence-electron chi connectivity index (χ4n) is 2.17. The Morgan fingerprint density at radius 1 is 1.32 bits per heavy atom. The minimum Gasteiger partial charge on any atom is -0.381 e. The van der Waals surface area contributed by atoms with Crippen molar-refractivity contribution in [2.24, 2.45) is 0 Å². The van der Waals surface area contributed by atoms with Gasteiger partial charge in [0.1, 0.15) is 6.10 Å². The third kappa shape index (κ3) is 2.47. The van der Waals surface area contributed by atoms with Gasteiger partial charge < -0.3 is 19.7 Å². The van der Waals surface area contributed by atoms with Crippen LogP contribution in [-0.4, -0.2) is 17.6 Å². The van der Waals surface area contributed by atoms with Gasteiger partial charge in [-0.25, -0.2) is 0 Å². The maximum Gasteiger partial charge on any atom is 0.169 e. The number of nitrogens with two attached hydrogens (primary N) is 1. The van der Waals surface area contributed by atoms with Crippen LogP contribution in [0.5, 0.6) is 0 Å². The first kappa shape index (κ1) is 12.2. The average molecular weight is 260 g/mol. The summed E-state index contributed by atoms with van der Waals surface area (Å²) >= 11 is 0. The SMILES string of the molecule is CC1(C)OCC(c2cccc(-c3cc(N)no3)c2)O1. The molecule has 5 heteroatoms. The lowest BCUT2D eigenvalue weighted by Crippen LogP contribution is -2.19. The van der Waals surface area contributed by atoms with Crippen molar-refractivity contribution >= 4 is 5.82 Å². The molecule has 3 rings (SSSR count). The number of nitrogens with zero attached hydrogens (tertiary/aromatic N) is 1. The van der Waals surface area contributed by atoms with E-state index in [4.69, 9.17) is 19.7 Å². The molecule has 19 heavy (non-hydrogen) atoms. The highest BCUT2D eigenvalue weighted by Crippen LogP contribution is 2.34. The van der Waals surface area contributed by atoms with Gasteiger partial charge in [0.25, 0.3) is 0 Å². The van der Waals surface area contributed by atoms with Gasteiger partial charge in [-0.2, -0.15) is 0 Å². The van der Waals surface area contributed by atoms with Crippen LogP contribution in [0.15, 0.2) is 34.9 Å². The summed E-state index contributed by atoms with van der Waals surface area (Å²) < 4.78 is 16.6. The summed E-state index contributed by atoms with van der Waals surface area (Å²) in [4.78, 5) is 0. The second-order valence-electron chi connectivity index (χ2n) is 5.06. The van der Waals surface area contributed by atoms with E-state index in [1.165, 1.54) is 0 Å². The van der Waals surface area contributed by atoms with Crippen molar-refractivity contribution in [3.63, 3.8) is 0 Å². The summed E-state index contributed by atoms with van der Waals surface area (Å²) in [7, 11) is 0. The monoisotopic (exact) mass is 260 g/mol. The topological polar surface area (TPSA) is 70.5 Å². The predicted molar refractivity (Wildman–Crippen MR) is 70.2 cm³/mol. The maximum absolute atomic E-state index is 5.84. The van der Waals surface area contributed by atoms with Crippen LogP contribution >= 0.6 is 0 Å². The minimum absolute atomic E-state index is 0.0600. The standard InChI is InChI=1S/C14H16N2O3/c1-14(2)17-8-12(18-14)10-5-3-4-9(6-10)11-7-13(15)16-19-11/h3-7,12H,8H2,1-2H3,(H2,15,16). The molecule has 1 atom stereocenters. The second kappa shape index (κ2) is 4.36. The lowest BCUT2D eigenvalue weighted by molar-refractivity contribution is -0.139. The van der Waals surface area contributed by atoms with E-state index in [1.807, 2.05) is 38.1 Å². The molecule has 1 aromatic carbocycles. The van der Waals surface area contributed by atoms with Crippen LogP contribution in [0.1, 0.15) is 25.5 Å². The third-order valence-electron chi connectivity index (χ3n) is 3.08. The number of hydrogen-bond acceptors (Lipinski definition) is 5. The van der Waals surface area contributed by atoms with Gasteiger partial charge in [-0.15, -0.1) is 0 Å². The van der Waals surface area contributed by atoms with Crippen LogP contribution in [0.25, 0.3) is 11.3 Å². The van der Waals surface area contributed by atoms with Gasteiger partial charge in [0.15, 0.2) is 17.4 Å². The van der Waals surface area contributed by atoms with Gasteiger partial charge in [-0.1, -0.05) is 23.4 Å². The first-order valence-electron chi connectivity index (χ1n) is 6.18. The number of nitrogen functional groups attached to an aromatic ring is 1. The molecule has 2 N–H and O–H groups in total. The van der Waals surface area contributed by atoms with Crippen LogP contribution in [0.4, 0.5) is 5.82 Å². The van der Waals surface area contributed by atoms with Gasteiger partial charge in [-0.05, 0) is 25.5 Å². The Morgan fingerprint density at radius 3 is 2.79 bits per heavy atom. The van der Waals surface area contributed by atoms with E-state index in [0.29, 0.717) is 18.2 Å². The summed E-state index contributed by atoms with van der Waals surface area (Å²) in [5.74, 6) is 0.497. The number of rotatable bonds is 2.